The van der Waals surface area contributed by atoms with Crippen LogP contribution in [0.3, 0.4) is 0 Å². The standard InChI is InChI=1S/C10H8NO2/c1-2-13-10(12)9-5-3-4-8(6-9)7-11/h3,5-6H,2H2,1H3. The van der Waals surface area contributed by atoms with Crippen LogP contribution >= 0.6 is 0 Å². The van der Waals surface area contributed by atoms with Gasteiger partial charge in [0.15, 0.2) is 0 Å². The minimum absolute atomic E-state index is 0.333. The van der Waals surface area contributed by atoms with E-state index in [1.807, 2.05) is 6.07 Å². The van der Waals surface area contributed by atoms with Crippen LogP contribution in [0.1, 0.15) is 22.8 Å². The van der Waals surface area contributed by atoms with E-state index in [4.69, 9.17) is 10.00 Å². The predicted molar refractivity (Wildman–Crippen MR) is 45.9 cm³/mol. The van der Waals surface area contributed by atoms with E-state index in [-0.39, 0.29) is 0 Å². The molecule has 0 aromatic heterocycles. The largest absolute Gasteiger partial charge is 0.462 e. The summed E-state index contributed by atoms with van der Waals surface area (Å²) in [5.74, 6) is -0.409. The Morgan fingerprint density at radius 3 is 3.15 bits per heavy atom. The fourth-order valence-electron chi connectivity index (χ4n) is 0.872. The van der Waals surface area contributed by atoms with Crippen LogP contribution in [-0.4, -0.2) is 12.6 Å². The summed E-state index contributed by atoms with van der Waals surface area (Å²) >= 11 is 0. The summed E-state index contributed by atoms with van der Waals surface area (Å²) in [6, 6.07) is 9.14. The van der Waals surface area contributed by atoms with E-state index >= 15 is 0 Å². The third-order valence-electron chi connectivity index (χ3n) is 1.43. The van der Waals surface area contributed by atoms with Gasteiger partial charge in [-0.15, -0.1) is 0 Å². The summed E-state index contributed by atoms with van der Waals surface area (Å²) in [4.78, 5) is 11.2. The summed E-state index contributed by atoms with van der Waals surface area (Å²) in [5, 5.41) is 8.54. The van der Waals surface area contributed by atoms with E-state index in [0.717, 1.165) is 0 Å². The van der Waals surface area contributed by atoms with Gasteiger partial charge in [-0.05, 0) is 19.1 Å². The topological polar surface area (TPSA) is 50.1 Å². The van der Waals surface area contributed by atoms with Crippen LogP contribution in [0.15, 0.2) is 18.2 Å². The molecule has 0 N–H and O–H groups in total. The first kappa shape index (κ1) is 9.27. The zero-order chi connectivity index (χ0) is 9.68. The van der Waals surface area contributed by atoms with Crippen molar-refractivity contribution in [2.45, 2.75) is 6.92 Å². The quantitative estimate of drug-likeness (QED) is 0.639. The second kappa shape index (κ2) is 4.27. The van der Waals surface area contributed by atoms with Gasteiger partial charge in [0.05, 0.1) is 23.8 Å². The Kier molecular flexibility index (Phi) is 3.04. The molecule has 1 aromatic rings. The first-order valence-corrected chi connectivity index (χ1v) is 3.87. The number of carbonyl (C=O) groups is 1. The summed E-state index contributed by atoms with van der Waals surface area (Å²) in [5.41, 5.74) is 0.725. The Bertz CT molecular complexity index is 352. The Balaban J connectivity index is 2.90. The molecular formula is C10H8NO2. The van der Waals surface area contributed by atoms with Crippen molar-refractivity contribution in [2.24, 2.45) is 0 Å². The van der Waals surface area contributed by atoms with Crippen LogP contribution in [0.5, 0.6) is 0 Å². The summed E-state index contributed by atoms with van der Waals surface area (Å²) in [7, 11) is 0. The third-order valence-corrected chi connectivity index (χ3v) is 1.43. The van der Waals surface area contributed by atoms with Gasteiger partial charge in [-0.2, -0.15) is 5.26 Å². The molecule has 65 valence electrons. The van der Waals surface area contributed by atoms with Gasteiger partial charge in [-0.3, -0.25) is 0 Å². The number of nitriles is 1. The van der Waals surface area contributed by atoms with E-state index in [1.165, 1.54) is 12.1 Å². The van der Waals surface area contributed by atoms with Gasteiger partial charge in [0.2, 0.25) is 0 Å². The first-order chi connectivity index (χ1) is 6.27. The van der Waals surface area contributed by atoms with E-state index < -0.39 is 5.97 Å². The van der Waals surface area contributed by atoms with Crippen LogP contribution in [0.2, 0.25) is 0 Å². The molecule has 0 bridgehead atoms. The van der Waals surface area contributed by atoms with E-state index in [0.29, 0.717) is 17.7 Å². The van der Waals surface area contributed by atoms with Gasteiger partial charge in [0.1, 0.15) is 0 Å². The lowest BCUT2D eigenvalue weighted by Gasteiger charge is -2.00. The number of benzene rings is 1. The lowest BCUT2D eigenvalue weighted by atomic mass is 10.1. The zero-order valence-electron chi connectivity index (χ0n) is 7.20. The Hall–Kier alpha value is -1.82. The van der Waals surface area contributed by atoms with Crippen molar-refractivity contribution >= 4 is 5.97 Å². The molecule has 3 heteroatoms. The minimum Gasteiger partial charge on any atom is -0.462 e. The van der Waals surface area contributed by atoms with E-state index in [1.54, 1.807) is 13.0 Å². The molecule has 13 heavy (non-hydrogen) atoms. The van der Waals surface area contributed by atoms with Gasteiger partial charge in [0, 0.05) is 6.07 Å². The molecule has 0 atom stereocenters. The maximum absolute atomic E-state index is 11.2. The van der Waals surface area contributed by atoms with E-state index in [9.17, 15) is 4.79 Å². The molecule has 0 saturated heterocycles. The van der Waals surface area contributed by atoms with Gasteiger partial charge in [0.25, 0.3) is 0 Å². The fraction of sp³-hybridized carbons (Fsp3) is 0.200. The molecule has 0 spiro atoms. The van der Waals surface area contributed by atoms with Crippen molar-refractivity contribution in [3.63, 3.8) is 0 Å². The maximum atomic E-state index is 11.2. The van der Waals surface area contributed by atoms with Crippen LogP contribution in [0.4, 0.5) is 0 Å². The highest BCUT2D eigenvalue weighted by Gasteiger charge is 2.05. The van der Waals surface area contributed by atoms with Gasteiger partial charge >= 0.3 is 5.97 Å². The molecule has 1 radical (unpaired) electrons. The third kappa shape index (κ3) is 2.31. The van der Waals surface area contributed by atoms with Crippen LogP contribution in [0, 0.1) is 17.4 Å². The second-order valence-corrected chi connectivity index (χ2v) is 2.32. The van der Waals surface area contributed by atoms with Crippen LogP contribution in [0.25, 0.3) is 0 Å². The first-order valence-electron chi connectivity index (χ1n) is 3.87. The summed E-state index contributed by atoms with van der Waals surface area (Å²) in [6.45, 7) is 2.07. The van der Waals surface area contributed by atoms with Crippen molar-refractivity contribution in [1.29, 1.82) is 5.26 Å². The lowest BCUT2D eigenvalue weighted by Crippen LogP contribution is -2.04. The summed E-state index contributed by atoms with van der Waals surface area (Å²) in [6.07, 6.45) is 0. The number of hydrogen-bond donors (Lipinski definition) is 0. The average molecular weight is 174 g/mol. The molecule has 0 aliphatic heterocycles. The molecule has 0 aliphatic rings. The van der Waals surface area contributed by atoms with Crippen LogP contribution < -0.4 is 0 Å². The molecule has 0 fully saturated rings. The molecular weight excluding hydrogens is 166 g/mol. The number of nitrogens with zero attached hydrogens (tertiary/aromatic N) is 1. The van der Waals surface area contributed by atoms with Gasteiger partial charge in [-0.25, -0.2) is 4.79 Å². The maximum Gasteiger partial charge on any atom is 0.338 e. The molecule has 0 aliphatic carbocycles. The second-order valence-electron chi connectivity index (χ2n) is 2.32. The smallest absolute Gasteiger partial charge is 0.338 e. The zero-order valence-corrected chi connectivity index (χ0v) is 7.20. The predicted octanol–water partition coefficient (Wildman–Crippen LogP) is 1.54. The van der Waals surface area contributed by atoms with Crippen LogP contribution in [-0.2, 0) is 4.74 Å². The highest BCUT2D eigenvalue weighted by atomic mass is 16.5. The fourth-order valence-corrected chi connectivity index (χ4v) is 0.872. The highest BCUT2D eigenvalue weighted by Crippen LogP contribution is 2.04. The lowest BCUT2D eigenvalue weighted by molar-refractivity contribution is 0.0526. The number of hydrogen-bond acceptors (Lipinski definition) is 3. The Morgan fingerprint density at radius 2 is 2.54 bits per heavy atom. The number of rotatable bonds is 2. The average Bonchev–Trinajstić information content (AvgIpc) is 2.18. The van der Waals surface area contributed by atoms with Crippen molar-refractivity contribution in [1.82, 2.24) is 0 Å². The number of ether oxygens (including phenoxy) is 1. The monoisotopic (exact) mass is 174 g/mol. The molecule has 0 heterocycles. The molecule has 0 saturated carbocycles. The van der Waals surface area contributed by atoms with Crippen molar-refractivity contribution in [3.8, 4) is 6.07 Å². The van der Waals surface area contributed by atoms with Gasteiger partial charge < -0.3 is 4.74 Å². The molecule has 1 rings (SSSR count). The normalized spacial score (nSPS) is 8.92. The molecule has 1 aromatic carbocycles. The Morgan fingerprint density at radius 1 is 1.77 bits per heavy atom. The van der Waals surface area contributed by atoms with E-state index in [2.05, 4.69) is 6.07 Å². The Labute approximate surface area is 76.6 Å². The number of esters is 1. The van der Waals surface area contributed by atoms with Crippen molar-refractivity contribution in [2.75, 3.05) is 6.61 Å². The number of carbonyl (C=O) groups excluding carboxylic acids is 1. The van der Waals surface area contributed by atoms with Crippen molar-refractivity contribution < 1.29 is 9.53 Å². The summed E-state index contributed by atoms with van der Waals surface area (Å²) < 4.78 is 4.77. The molecule has 3 nitrogen and oxygen atoms in total. The van der Waals surface area contributed by atoms with Gasteiger partial charge in [-0.1, -0.05) is 6.07 Å². The molecule has 0 amide bonds. The molecule has 0 unspecified atom stereocenters. The highest BCUT2D eigenvalue weighted by molar-refractivity contribution is 5.89. The SMILES string of the molecule is CCOC(=O)c1cc[c]c(C#N)c1. The van der Waals surface area contributed by atoms with Crippen molar-refractivity contribution in [3.05, 3.63) is 35.4 Å². The minimum atomic E-state index is -0.409.